The molecule has 1 aromatic carbocycles. The summed E-state index contributed by atoms with van der Waals surface area (Å²) in [5.41, 5.74) is 7.22. The van der Waals surface area contributed by atoms with Crippen LogP contribution >= 0.6 is 0 Å². The third-order valence-electron chi connectivity index (χ3n) is 2.56. The predicted molar refractivity (Wildman–Crippen MR) is 70.8 cm³/mol. The molecule has 0 aliphatic rings. The first-order valence-electron chi connectivity index (χ1n) is 5.84. The Morgan fingerprint density at radius 1 is 1.37 bits per heavy atom. The van der Waals surface area contributed by atoms with Crippen LogP contribution in [0.4, 0.5) is 5.69 Å². The third-order valence-corrected chi connectivity index (χ3v) is 2.56. The monoisotopic (exact) mass is 266 g/mol. The lowest BCUT2D eigenvalue weighted by molar-refractivity contribution is -0.124. The van der Waals surface area contributed by atoms with Gasteiger partial charge >= 0.3 is 5.97 Å². The fourth-order valence-corrected chi connectivity index (χ4v) is 1.43. The number of anilines is 1. The second kappa shape index (κ2) is 7.38. The molecule has 6 heteroatoms. The summed E-state index contributed by atoms with van der Waals surface area (Å²) >= 11 is 0. The van der Waals surface area contributed by atoms with E-state index in [2.05, 4.69) is 5.32 Å². The maximum atomic E-state index is 11.8. The van der Waals surface area contributed by atoms with Crippen molar-refractivity contribution < 1.29 is 19.1 Å². The van der Waals surface area contributed by atoms with Crippen LogP contribution in [0, 0.1) is 6.92 Å². The molecule has 19 heavy (non-hydrogen) atoms. The van der Waals surface area contributed by atoms with Crippen LogP contribution in [0.1, 0.15) is 15.9 Å². The summed E-state index contributed by atoms with van der Waals surface area (Å²) in [6.07, 6.45) is 0. The van der Waals surface area contributed by atoms with E-state index in [1.807, 2.05) is 0 Å². The lowest BCUT2D eigenvalue weighted by atomic mass is 10.1. The van der Waals surface area contributed by atoms with Gasteiger partial charge in [-0.05, 0) is 24.6 Å². The Morgan fingerprint density at radius 3 is 2.79 bits per heavy atom. The molecule has 0 saturated carbocycles. The molecule has 0 unspecified atom stereocenters. The number of carbonyl (C=O) groups excluding carboxylic acids is 2. The van der Waals surface area contributed by atoms with Crippen LogP contribution in [0.5, 0.6) is 0 Å². The smallest absolute Gasteiger partial charge is 0.338 e. The van der Waals surface area contributed by atoms with Gasteiger partial charge in [-0.3, -0.25) is 4.79 Å². The number of esters is 1. The van der Waals surface area contributed by atoms with Gasteiger partial charge in [-0.1, -0.05) is 6.07 Å². The molecule has 3 N–H and O–H groups in total. The van der Waals surface area contributed by atoms with Gasteiger partial charge in [-0.15, -0.1) is 0 Å². The van der Waals surface area contributed by atoms with Gasteiger partial charge in [0, 0.05) is 19.3 Å². The number of benzene rings is 1. The number of carbonyl (C=O) groups is 2. The van der Waals surface area contributed by atoms with Crippen LogP contribution in [-0.2, 0) is 14.3 Å². The molecule has 0 aliphatic heterocycles. The maximum absolute atomic E-state index is 11.8. The molecular formula is C13H18N2O4. The number of nitrogen functional groups attached to an aromatic ring is 1. The molecule has 6 nitrogen and oxygen atoms in total. The largest absolute Gasteiger partial charge is 0.452 e. The van der Waals surface area contributed by atoms with Gasteiger partial charge in [0.05, 0.1) is 12.2 Å². The zero-order valence-electron chi connectivity index (χ0n) is 11.1. The Morgan fingerprint density at radius 2 is 2.11 bits per heavy atom. The van der Waals surface area contributed by atoms with Gasteiger partial charge < -0.3 is 20.5 Å². The highest BCUT2D eigenvalue weighted by Crippen LogP contribution is 2.16. The summed E-state index contributed by atoms with van der Waals surface area (Å²) in [5, 5.41) is 2.55. The summed E-state index contributed by atoms with van der Waals surface area (Å²) in [7, 11) is 1.54. The molecule has 0 saturated heterocycles. The van der Waals surface area contributed by atoms with E-state index in [0.29, 0.717) is 30.0 Å². The molecule has 0 fully saturated rings. The molecule has 104 valence electrons. The first-order chi connectivity index (χ1) is 9.06. The zero-order valence-corrected chi connectivity index (χ0v) is 11.1. The van der Waals surface area contributed by atoms with E-state index in [9.17, 15) is 9.59 Å². The van der Waals surface area contributed by atoms with Crippen molar-refractivity contribution in [2.45, 2.75) is 6.92 Å². The van der Waals surface area contributed by atoms with Crippen LogP contribution in [-0.4, -0.2) is 38.7 Å². The van der Waals surface area contributed by atoms with Crippen LogP contribution < -0.4 is 11.1 Å². The summed E-state index contributed by atoms with van der Waals surface area (Å²) in [6, 6.07) is 4.97. The van der Waals surface area contributed by atoms with Crippen molar-refractivity contribution in [1.29, 1.82) is 0 Å². The standard InChI is InChI=1S/C13H18N2O4/c1-9-10(4-3-5-11(9)14)13(17)19-8-12(16)15-6-7-18-2/h3-5H,6-8,14H2,1-2H3,(H,15,16). The maximum Gasteiger partial charge on any atom is 0.338 e. The zero-order chi connectivity index (χ0) is 14.3. The molecule has 1 aromatic rings. The van der Waals surface area contributed by atoms with Crippen molar-refractivity contribution in [3.63, 3.8) is 0 Å². The number of nitrogens with one attached hydrogen (secondary N) is 1. The number of hydrogen-bond donors (Lipinski definition) is 2. The van der Waals surface area contributed by atoms with Gasteiger partial charge in [-0.25, -0.2) is 4.79 Å². The number of methoxy groups -OCH3 is 1. The van der Waals surface area contributed by atoms with Crippen molar-refractivity contribution in [3.05, 3.63) is 29.3 Å². The Hall–Kier alpha value is -2.08. The fraction of sp³-hybridized carbons (Fsp3) is 0.385. The van der Waals surface area contributed by atoms with Gasteiger partial charge in [-0.2, -0.15) is 0 Å². The molecule has 0 atom stereocenters. The van der Waals surface area contributed by atoms with E-state index in [0.717, 1.165) is 0 Å². The Kier molecular flexibility index (Phi) is 5.81. The molecule has 0 bridgehead atoms. The summed E-state index contributed by atoms with van der Waals surface area (Å²) in [4.78, 5) is 23.1. The first kappa shape index (κ1) is 15.0. The summed E-state index contributed by atoms with van der Waals surface area (Å²) in [6.45, 7) is 2.19. The van der Waals surface area contributed by atoms with Crippen LogP contribution in [0.15, 0.2) is 18.2 Å². The number of nitrogens with two attached hydrogens (primary N) is 1. The molecule has 1 amide bonds. The Labute approximate surface area is 111 Å². The Bertz CT molecular complexity index is 460. The van der Waals surface area contributed by atoms with Gasteiger partial charge in [0.25, 0.3) is 5.91 Å². The van der Waals surface area contributed by atoms with Gasteiger partial charge in [0.15, 0.2) is 6.61 Å². The average Bonchev–Trinajstić information content (AvgIpc) is 2.39. The van der Waals surface area contributed by atoms with Crippen molar-refractivity contribution in [2.24, 2.45) is 0 Å². The minimum atomic E-state index is -0.563. The number of rotatable bonds is 6. The third kappa shape index (κ3) is 4.59. The van der Waals surface area contributed by atoms with E-state index >= 15 is 0 Å². The highest BCUT2D eigenvalue weighted by molar-refractivity contribution is 5.94. The van der Waals surface area contributed by atoms with Crippen molar-refractivity contribution in [3.8, 4) is 0 Å². The van der Waals surface area contributed by atoms with Crippen LogP contribution in [0.3, 0.4) is 0 Å². The lowest BCUT2D eigenvalue weighted by Crippen LogP contribution is -2.31. The normalized spacial score (nSPS) is 10.0. The second-order valence-corrected chi connectivity index (χ2v) is 3.94. The number of amides is 1. The minimum absolute atomic E-state index is 0.323. The van der Waals surface area contributed by atoms with Crippen molar-refractivity contribution in [2.75, 3.05) is 32.6 Å². The number of ether oxygens (including phenoxy) is 2. The van der Waals surface area contributed by atoms with Crippen LogP contribution in [0.2, 0.25) is 0 Å². The molecule has 0 aromatic heterocycles. The average molecular weight is 266 g/mol. The first-order valence-corrected chi connectivity index (χ1v) is 5.84. The molecule has 0 heterocycles. The molecule has 0 spiro atoms. The van der Waals surface area contributed by atoms with Gasteiger partial charge in [0.1, 0.15) is 0 Å². The van der Waals surface area contributed by atoms with Crippen molar-refractivity contribution in [1.82, 2.24) is 5.32 Å². The van der Waals surface area contributed by atoms with Crippen molar-refractivity contribution >= 4 is 17.6 Å². The quantitative estimate of drug-likeness (QED) is 0.444. The van der Waals surface area contributed by atoms with E-state index in [1.54, 1.807) is 25.1 Å². The SMILES string of the molecule is COCCNC(=O)COC(=O)c1cccc(N)c1C. The highest BCUT2D eigenvalue weighted by atomic mass is 16.5. The minimum Gasteiger partial charge on any atom is -0.452 e. The van der Waals surface area contributed by atoms with Crippen LogP contribution in [0.25, 0.3) is 0 Å². The number of hydrogen-bond acceptors (Lipinski definition) is 5. The van der Waals surface area contributed by atoms with E-state index in [-0.39, 0.29) is 12.5 Å². The lowest BCUT2D eigenvalue weighted by Gasteiger charge is -2.09. The molecule has 0 aliphatic carbocycles. The summed E-state index contributed by atoms with van der Waals surface area (Å²) < 4.78 is 9.69. The second-order valence-electron chi connectivity index (χ2n) is 3.94. The van der Waals surface area contributed by atoms with E-state index < -0.39 is 5.97 Å². The van der Waals surface area contributed by atoms with Gasteiger partial charge in [0.2, 0.25) is 0 Å². The van der Waals surface area contributed by atoms with E-state index in [1.165, 1.54) is 7.11 Å². The Balaban J connectivity index is 2.47. The molecule has 0 radical (unpaired) electrons. The van der Waals surface area contributed by atoms with E-state index in [4.69, 9.17) is 15.2 Å². The predicted octanol–water partition coefficient (Wildman–Crippen LogP) is 0.497. The summed E-state index contributed by atoms with van der Waals surface area (Å²) in [5.74, 6) is -0.932. The molecular weight excluding hydrogens is 248 g/mol. The molecule has 1 rings (SSSR count). The topological polar surface area (TPSA) is 90.6 Å². The fourth-order valence-electron chi connectivity index (χ4n) is 1.43. The highest BCUT2D eigenvalue weighted by Gasteiger charge is 2.13.